The van der Waals surface area contributed by atoms with Crippen LogP contribution in [0.3, 0.4) is 0 Å². The molecule has 5 rings (SSSR count). The summed E-state index contributed by atoms with van der Waals surface area (Å²) in [5.74, 6) is -3.17. The number of nitrogens with one attached hydrogen (secondary N) is 1. The van der Waals surface area contributed by atoms with Gasteiger partial charge in [-0.05, 0) is 60.3 Å². The van der Waals surface area contributed by atoms with Crippen LogP contribution >= 0.6 is 11.5 Å². The smallest absolute Gasteiger partial charge is 0.321 e. The lowest BCUT2D eigenvalue weighted by atomic mass is 9.80. The first kappa shape index (κ1) is 25.4. The van der Waals surface area contributed by atoms with Gasteiger partial charge in [0.15, 0.2) is 0 Å². The van der Waals surface area contributed by atoms with Crippen LogP contribution in [0, 0.1) is 12.7 Å². The lowest BCUT2D eigenvalue weighted by Crippen LogP contribution is -2.43. The number of alkyl halides is 4. The fraction of sp³-hybridized carbons (Fsp3) is 0.400. The molecule has 1 aliphatic heterocycles. The Balaban J connectivity index is 1.39. The van der Waals surface area contributed by atoms with E-state index in [1.807, 2.05) is 0 Å². The average Bonchev–Trinajstić information content (AvgIpc) is 3.52. The predicted octanol–water partition coefficient (Wildman–Crippen LogP) is 6.32. The van der Waals surface area contributed by atoms with Crippen molar-refractivity contribution in [2.75, 3.05) is 18.4 Å². The number of aryl methyl sites for hydroxylation is 1. The molecule has 1 saturated heterocycles. The van der Waals surface area contributed by atoms with Crippen molar-refractivity contribution in [2.24, 2.45) is 0 Å². The number of anilines is 1. The molecule has 0 unspecified atom stereocenters. The van der Waals surface area contributed by atoms with E-state index in [0.717, 1.165) is 23.7 Å². The van der Waals surface area contributed by atoms with Gasteiger partial charge >= 0.3 is 6.03 Å². The maximum Gasteiger partial charge on any atom is 0.321 e. The van der Waals surface area contributed by atoms with Crippen LogP contribution in [-0.2, 0) is 5.41 Å². The highest BCUT2D eigenvalue weighted by atomic mass is 32.1. The molecule has 2 aliphatic rings. The van der Waals surface area contributed by atoms with Gasteiger partial charge in [-0.25, -0.2) is 31.7 Å². The topological polar surface area (TPSA) is 67.4 Å². The van der Waals surface area contributed by atoms with Gasteiger partial charge in [0, 0.05) is 31.5 Å². The Kier molecular flexibility index (Phi) is 6.55. The number of carbonyl (C=O) groups is 1. The van der Waals surface area contributed by atoms with Crippen LogP contribution in [0.25, 0.3) is 0 Å². The van der Waals surface area contributed by atoms with E-state index in [2.05, 4.69) is 14.7 Å². The molecule has 2 amide bonds. The Morgan fingerprint density at radius 2 is 2.00 bits per heavy atom. The van der Waals surface area contributed by atoms with Crippen LogP contribution in [0.5, 0.6) is 5.75 Å². The summed E-state index contributed by atoms with van der Waals surface area (Å²) in [5.41, 5.74) is -0.0415. The fourth-order valence-electron chi connectivity index (χ4n) is 4.74. The van der Waals surface area contributed by atoms with E-state index in [1.165, 1.54) is 23.4 Å². The zero-order valence-corrected chi connectivity index (χ0v) is 20.5. The highest BCUT2D eigenvalue weighted by Crippen LogP contribution is 2.43. The zero-order chi connectivity index (χ0) is 26.4. The van der Waals surface area contributed by atoms with Gasteiger partial charge < -0.3 is 15.0 Å². The zero-order valence-electron chi connectivity index (χ0n) is 19.7. The number of hydrogen-bond acceptors (Lipinski definition) is 5. The van der Waals surface area contributed by atoms with Gasteiger partial charge in [-0.1, -0.05) is 12.1 Å². The van der Waals surface area contributed by atoms with Crippen molar-refractivity contribution >= 4 is 23.3 Å². The van der Waals surface area contributed by atoms with Crippen LogP contribution in [0.15, 0.2) is 42.7 Å². The molecule has 1 saturated carbocycles. The number of rotatable bonds is 6. The molecule has 2 heterocycles. The van der Waals surface area contributed by atoms with Gasteiger partial charge in [0.2, 0.25) is 0 Å². The van der Waals surface area contributed by atoms with Gasteiger partial charge in [0.1, 0.15) is 29.0 Å². The molecule has 1 N–H and O–H groups in total. The SMILES string of the molecule is Cc1ccc([C@]2(c3ncns3)CCN(C(=O)Nc3cc(C(F)F)ccc3OC3CC(F)(F)C3)C2)cc1F. The van der Waals surface area contributed by atoms with Crippen LogP contribution in [0.4, 0.5) is 32.4 Å². The van der Waals surface area contributed by atoms with Gasteiger partial charge in [-0.3, -0.25) is 0 Å². The van der Waals surface area contributed by atoms with Crippen LogP contribution in [0.2, 0.25) is 0 Å². The molecule has 12 heteroatoms. The van der Waals surface area contributed by atoms with E-state index in [4.69, 9.17) is 4.74 Å². The minimum atomic E-state index is -2.82. The number of likely N-dealkylation sites (tertiary alicyclic amines) is 1. The van der Waals surface area contributed by atoms with Gasteiger partial charge in [0.25, 0.3) is 12.3 Å². The summed E-state index contributed by atoms with van der Waals surface area (Å²) in [7, 11) is 0. The third kappa shape index (κ3) is 4.98. The maximum absolute atomic E-state index is 14.5. The molecule has 0 spiro atoms. The summed E-state index contributed by atoms with van der Waals surface area (Å²) in [6.45, 7) is 2.08. The molecule has 6 nitrogen and oxygen atoms in total. The van der Waals surface area contributed by atoms with Crippen LogP contribution in [0.1, 0.15) is 47.4 Å². The van der Waals surface area contributed by atoms with Crippen molar-refractivity contribution in [1.82, 2.24) is 14.3 Å². The lowest BCUT2D eigenvalue weighted by Gasteiger charge is -2.35. The molecule has 0 radical (unpaired) electrons. The molecule has 3 aromatic rings. The summed E-state index contributed by atoms with van der Waals surface area (Å²) < 4.78 is 77.4. The Hall–Kier alpha value is -3.28. The first-order valence-corrected chi connectivity index (χ1v) is 12.4. The second kappa shape index (κ2) is 9.55. The molecule has 2 fully saturated rings. The van der Waals surface area contributed by atoms with E-state index in [1.54, 1.807) is 19.1 Å². The number of halogens is 5. The molecule has 1 atom stereocenters. The number of urea groups is 1. The second-order valence-corrected chi connectivity index (χ2v) is 10.2. The summed E-state index contributed by atoms with van der Waals surface area (Å²) in [5, 5.41) is 3.24. The number of benzene rings is 2. The van der Waals surface area contributed by atoms with Crippen molar-refractivity contribution in [1.29, 1.82) is 0 Å². The number of aromatic nitrogens is 2. The van der Waals surface area contributed by atoms with Crippen molar-refractivity contribution < 1.29 is 31.5 Å². The van der Waals surface area contributed by atoms with Crippen molar-refractivity contribution in [2.45, 2.75) is 50.1 Å². The summed E-state index contributed by atoms with van der Waals surface area (Å²) >= 11 is 1.16. The number of amides is 2. The predicted molar refractivity (Wildman–Crippen MR) is 127 cm³/mol. The van der Waals surface area contributed by atoms with Crippen LogP contribution < -0.4 is 10.1 Å². The van der Waals surface area contributed by atoms with E-state index in [-0.39, 0.29) is 35.9 Å². The summed E-state index contributed by atoms with van der Waals surface area (Å²) in [6.07, 6.45) is -2.71. The molecule has 1 aliphatic carbocycles. The molecule has 1 aromatic heterocycles. The molecular weight excluding hydrogens is 515 g/mol. The Morgan fingerprint density at radius 1 is 1.22 bits per heavy atom. The van der Waals surface area contributed by atoms with E-state index in [9.17, 15) is 26.7 Å². The number of carbonyl (C=O) groups excluding carboxylic acids is 1. The number of nitrogens with zero attached hydrogens (tertiary/aromatic N) is 3. The third-order valence-electron chi connectivity index (χ3n) is 6.90. The molecular formula is C25H23F5N4O2S. The largest absolute Gasteiger partial charge is 0.488 e. The standard InChI is InChI=1S/C25H23F5N4O2S/c1-14-2-4-16(9-18(14)26)24(22-31-13-32-37-22)6-7-34(12-24)23(35)33-19-8-15(21(27)28)3-5-20(19)36-17-10-25(29,30)11-17/h2-5,8-9,13,17,21H,6-7,10-12H2,1H3,(H,33,35)/t24-/m0/s1. The Bertz CT molecular complexity index is 1300. The highest BCUT2D eigenvalue weighted by molar-refractivity contribution is 7.05. The van der Waals surface area contributed by atoms with Crippen LogP contribution in [-0.4, -0.2) is 45.4 Å². The lowest BCUT2D eigenvalue weighted by molar-refractivity contribution is -0.134. The Labute approximate surface area is 213 Å². The van der Waals surface area contributed by atoms with Gasteiger partial charge in [-0.2, -0.15) is 4.37 Å². The van der Waals surface area contributed by atoms with Crippen molar-refractivity contribution in [3.63, 3.8) is 0 Å². The quantitative estimate of drug-likeness (QED) is 0.373. The molecule has 2 aromatic carbocycles. The first-order chi connectivity index (χ1) is 17.6. The molecule has 0 bridgehead atoms. The number of ether oxygens (including phenoxy) is 1. The normalized spacial score (nSPS) is 21.2. The van der Waals surface area contributed by atoms with Crippen molar-refractivity contribution in [3.8, 4) is 5.75 Å². The second-order valence-electron chi connectivity index (χ2n) is 9.45. The highest BCUT2D eigenvalue weighted by Gasteiger charge is 2.48. The minimum absolute atomic E-state index is 0.0344. The molecule has 37 heavy (non-hydrogen) atoms. The van der Waals surface area contributed by atoms with E-state index < -0.39 is 42.7 Å². The van der Waals surface area contributed by atoms with Gasteiger partial charge in [-0.15, -0.1) is 0 Å². The van der Waals surface area contributed by atoms with Crippen molar-refractivity contribution in [3.05, 3.63) is 70.2 Å². The first-order valence-electron chi connectivity index (χ1n) is 11.6. The maximum atomic E-state index is 14.5. The minimum Gasteiger partial charge on any atom is -0.488 e. The van der Waals surface area contributed by atoms with E-state index in [0.29, 0.717) is 22.6 Å². The summed E-state index contributed by atoms with van der Waals surface area (Å²) in [4.78, 5) is 19.1. The monoisotopic (exact) mass is 538 g/mol. The third-order valence-corrected chi connectivity index (χ3v) is 7.76. The summed E-state index contributed by atoms with van der Waals surface area (Å²) in [6, 6.07) is 7.78. The average molecular weight is 539 g/mol. The Morgan fingerprint density at radius 3 is 2.65 bits per heavy atom. The van der Waals surface area contributed by atoms with E-state index >= 15 is 0 Å². The molecule has 196 valence electrons. The number of hydrogen-bond donors (Lipinski definition) is 1. The van der Waals surface area contributed by atoms with Gasteiger partial charge in [0.05, 0.1) is 11.1 Å². The fourth-order valence-corrected chi connectivity index (χ4v) is 5.49.